The van der Waals surface area contributed by atoms with E-state index < -0.39 is 42.2 Å². The highest BCUT2D eigenvalue weighted by Crippen LogP contribution is 2.22. The van der Waals surface area contributed by atoms with Crippen LogP contribution in [0.1, 0.15) is 42.1 Å². The van der Waals surface area contributed by atoms with Crippen LogP contribution in [0.5, 0.6) is 0 Å². The molecule has 0 aromatic heterocycles. The molecule has 1 fully saturated rings. The fourth-order valence-corrected chi connectivity index (χ4v) is 3.66. The standard InChI is InChI=1S/C20H24ClN3O6/c1-2-12-5-3-6-14(18(12)21)19(29)22-10-16(26)24-8-4-7-15(24)20(30)23-13(11-25)9-17(27)28/h3,5-6,11,13,15H,2,4,7-10H2,1H3,(H,22,29)(H,23,30)(H,27,28)/t13-,15-/m0/s1. The molecule has 10 heteroatoms. The lowest BCUT2D eigenvalue weighted by molar-refractivity contribution is -0.140. The van der Waals surface area contributed by atoms with Crippen molar-refractivity contribution in [2.45, 2.75) is 44.7 Å². The zero-order chi connectivity index (χ0) is 22.3. The molecule has 1 aliphatic heterocycles. The molecule has 0 spiro atoms. The zero-order valence-electron chi connectivity index (χ0n) is 16.5. The first kappa shape index (κ1) is 23.3. The third kappa shape index (κ3) is 5.79. The van der Waals surface area contributed by atoms with Gasteiger partial charge < -0.3 is 25.4 Å². The lowest BCUT2D eigenvalue weighted by Gasteiger charge is -2.25. The number of aryl methyl sites for hydroxylation is 1. The molecule has 2 atom stereocenters. The van der Waals surface area contributed by atoms with Crippen molar-refractivity contribution < 1.29 is 29.1 Å². The van der Waals surface area contributed by atoms with E-state index in [1.54, 1.807) is 12.1 Å². The normalized spacial score (nSPS) is 16.6. The van der Waals surface area contributed by atoms with Gasteiger partial charge >= 0.3 is 5.97 Å². The molecular weight excluding hydrogens is 414 g/mol. The Balaban J connectivity index is 1.97. The van der Waals surface area contributed by atoms with Crippen LogP contribution in [-0.4, -0.2) is 65.2 Å². The molecule has 162 valence electrons. The fraction of sp³-hybridized carbons (Fsp3) is 0.450. The van der Waals surface area contributed by atoms with Crippen LogP contribution in [0.15, 0.2) is 18.2 Å². The summed E-state index contributed by atoms with van der Waals surface area (Å²) in [6.45, 7) is 1.92. The van der Waals surface area contributed by atoms with Gasteiger partial charge in [0.25, 0.3) is 5.91 Å². The van der Waals surface area contributed by atoms with Crippen LogP contribution >= 0.6 is 11.6 Å². The first-order valence-electron chi connectivity index (χ1n) is 9.61. The summed E-state index contributed by atoms with van der Waals surface area (Å²) >= 11 is 6.23. The molecule has 0 aliphatic carbocycles. The molecule has 2 rings (SSSR count). The molecule has 1 aromatic rings. The SMILES string of the molecule is CCc1cccc(C(=O)NCC(=O)N2CCC[C@H]2C(=O)N[C@H](C=O)CC(=O)O)c1Cl. The number of carboxylic acid groups (broad SMARTS) is 1. The molecule has 9 nitrogen and oxygen atoms in total. The third-order valence-corrected chi connectivity index (χ3v) is 5.31. The van der Waals surface area contributed by atoms with Crippen molar-refractivity contribution in [3.63, 3.8) is 0 Å². The minimum atomic E-state index is -1.22. The number of halogens is 1. The van der Waals surface area contributed by atoms with Gasteiger partial charge in [-0.2, -0.15) is 0 Å². The number of hydrogen-bond acceptors (Lipinski definition) is 5. The minimum absolute atomic E-state index is 0.266. The van der Waals surface area contributed by atoms with Crippen LogP contribution in [0.3, 0.4) is 0 Å². The maximum atomic E-state index is 12.6. The maximum absolute atomic E-state index is 12.6. The number of carboxylic acids is 1. The van der Waals surface area contributed by atoms with Crippen molar-refractivity contribution in [2.75, 3.05) is 13.1 Å². The summed E-state index contributed by atoms with van der Waals surface area (Å²) < 4.78 is 0. The van der Waals surface area contributed by atoms with Gasteiger partial charge in [0.15, 0.2) is 0 Å². The average molecular weight is 438 g/mol. The highest BCUT2D eigenvalue weighted by atomic mass is 35.5. The second-order valence-electron chi connectivity index (χ2n) is 6.91. The Morgan fingerprint density at radius 2 is 2.07 bits per heavy atom. The number of aldehydes is 1. The Bertz CT molecular complexity index is 844. The van der Waals surface area contributed by atoms with Gasteiger partial charge in [-0.15, -0.1) is 0 Å². The molecule has 0 radical (unpaired) electrons. The summed E-state index contributed by atoms with van der Waals surface area (Å²) in [5, 5.41) is 14.0. The molecule has 3 amide bonds. The molecule has 0 saturated carbocycles. The molecule has 1 aliphatic rings. The molecule has 1 aromatic carbocycles. The van der Waals surface area contributed by atoms with E-state index >= 15 is 0 Å². The van der Waals surface area contributed by atoms with E-state index in [1.165, 1.54) is 4.90 Å². The number of amides is 3. The summed E-state index contributed by atoms with van der Waals surface area (Å²) in [7, 11) is 0. The lowest BCUT2D eigenvalue weighted by Crippen LogP contribution is -2.51. The van der Waals surface area contributed by atoms with E-state index in [9.17, 15) is 24.0 Å². The quantitative estimate of drug-likeness (QED) is 0.489. The number of carbonyl (C=O) groups excluding carboxylic acids is 4. The Morgan fingerprint density at radius 1 is 1.33 bits per heavy atom. The summed E-state index contributed by atoms with van der Waals surface area (Å²) in [6.07, 6.45) is 1.43. The monoisotopic (exact) mass is 437 g/mol. The smallest absolute Gasteiger partial charge is 0.305 e. The number of carbonyl (C=O) groups is 5. The molecule has 30 heavy (non-hydrogen) atoms. The van der Waals surface area contributed by atoms with Crippen molar-refractivity contribution in [1.29, 1.82) is 0 Å². The zero-order valence-corrected chi connectivity index (χ0v) is 17.3. The second-order valence-corrected chi connectivity index (χ2v) is 7.29. The highest BCUT2D eigenvalue weighted by Gasteiger charge is 2.35. The van der Waals surface area contributed by atoms with Crippen molar-refractivity contribution in [2.24, 2.45) is 0 Å². The second kappa shape index (κ2) is 10.7. The Morgan fingerprint density at radius 3 is 2.70 bits per heavy atom. The van der Waals surface area contributed by atoms with Gasteiger partial charge in [0, 0.05) is 6.54 Å². The molecule has 0 bridgehead atoms. The van der Waals surface area contributed by atoms with E-state index in [0.29, 0.717) is 37.1 Å². The Labute approximate surface area is 178 Å². The van der Waals surface area contributed by atoms with Gasteiger partial charge in [-0.25, -0.2) is 0 Å². The Kier molecular flexibility index (Phi) is 8.35. The average Bonchev–Trinajstić information content (AvgIpc) is 3.21. The lowest BCUT2D eigenvalue weighted by atomic mass is 10.1. The first-order valence-corrected chi connectivity index (χ1v) is 9.98. The summed E-state index contributed by atoms with van der Waals surface area (Å²) in [5.74, 6) is -2.76. The van der Waals surface area contributed by atoms with Gasteiger partial charge in [-0.1, -0.05) is 30.7 Å². The van der Waals surface area contributed by atoms with Gasteiger partial charge in [0.2, 0.25) is 11.8 Å². The predicted octanol–water partition coefficient (Wildman–Crippen LogP) is 0.782. The number of nitrogens with zero attached hydrogens (tertiary/aromatic N) is 1. The number of hydrogen-bond donors (Lipinski definition) is 3. The van der Waals surface area contributed by atoms with Crippen LogP contribution < -0.4 is 10.6 Å². The van der Waals surface area contributed by atoms with E-state index in [-0.39, 0.29) is 12.1 Å². The van der Waals surface area contributed by atoms with Crippen LogP contribution in [0.25, 0.3) is 0 Å². The summed E-state index contributed by atoms with van der Waals surface area (Å²) in [6, 6.07) is 3.10. The number of nitrogens with one attached hydrogen (secondary N) is 2. The maximum Gasteiger partial charge on any atom is 0.305 e. The van der Waals surface area contributed by atoms with Crippen LogP contribution in [0.2, 0.25) is 5.02 Å². The van der Waals surface area contributed by atoms with Crippen LogP contribution in [0.4, 0.5) is 0 Å². The first-order chi connectivity index (χ1) is 14.3. The van der Waals surface area contributed by atoms with Gasteiger partial charge in [-0.3, -0.25) is 19.2 Å². The van der Waals surface area contributed by atoms with Gasteiger partial charge in [-0.05, 0) is 30.9 Å². The number of rotatable bonds is 9. The van der Waals surface area contributed by atoms with Crippen molar-refractivity contribution in [3.05, 3.63) is 34.3 Å². The van der Waals surface area contributed by atoms with E-state index in [1.807, 2.05) is 13.0 Å². The fourth-order valence-electron chi connectivity index (χ4n) is 3.32. The molecule has 1 saturated heterocycles. The molecular formula is C20H24ClN3O6. The molecule has 1 heterocycles. The van der Waals surface area contributed by atoms with Crippen molar-refractivity contribution in [1.82, 2.24) is 15.5 Å². The minimum Gasteiger partial charge on any atom is -0.481 e. The number of likely N-dealkylation sites (tertiary alicyclic amines) is 1. The van der Waals surface area contributed by atoms with E-state index in [0.717, 1.165) is 5.56 Å². The number of aliphatic carboxylic acids is 1. The van der Waals surface area contributed by atoms with E-state index in [4.69, 9.17) is 16.7 Å². The molecule has 3 N–H and O–H groups in total. The molecule has 0 unspecified atom stereocenters. The number of benzene rings is 1. The van der Waals surface area contributed by atoms with Gasteiger partial charge in [0.05, 0.1) is 29.6 Å². The Hall–Kier alpha value is -2.94. The summed E-state index contributed by atoms with van der Waals surface area (Å²) in [5.41, 5.74) is 1.08. The van der Waals surface area contributed by atoms with Crippen molar-refractivity contribution >= 4 is 41.6 Å². The van der Waals surface area contributed by atoms with Crippen LogP contribution in [0, 0.1) is 0 Å². The summed E-state index contributed by atoms with van der Waals surface area (Å²) in [4.78, 5) is 60.5. The van der Waals surface area contributed by atoms with Crippen LogP contribution in [-0.2, 0) is 25.6 Å². The van der Waals surface area contributed by atoms with Crippen molar-refractivity contribution in [3.8, 4) is 0 Å². The largest absolute Gasteiger partial charge is 0.481 e. The predicted molar refractivity (Wildman–Crippen MR) is 108 cm³/mol. The third-order valence-electron chi connectivity index (χ3n) is 4.87. The highest BCUT2D eigenvalue weighted by molar-refractivity contribution is 6.34. The van der Waals surface area contributed by atoms with E-state index in [2.05, 4.69) is 10.6 Å². The van der Waals surface area contributed by atoms with Gasteiger partial charge in [0.1, 0.15) is 12.3 Å². The topological polar surface area (TPSA) is 133 Å².